The van der Waals surface area contributed by atoms with Gasteiger partial charge in [-0.2, -0.15) is 0 Å². The summed E-state index contributed by atoms with van der Waals surface area (Å²) in [4.78, 5) is 34.6. The summed E-state index contributed by atoms with van der Waals surface area (Å²) in [6.45, 7) is 4.47. The lowest BCUT2D eigenvalue weighted by molar-refractivity contribution is -0.137. The van der Waals surface area contributed by atoms with E-state index in [2.05, 4.69) is 11.9 Å². The topological polar surface area (TPSA) is 90.9 Å². The second-order valence-electron chi connectivity index (χ2n) is 8.67. The van der Waals surface area contributed by atoms with Gasteiger partial charge in [-0.3, -0.25) is 0 Å². The summed E-state index contributed by atoms with van der Waals surface area (Å²) in [6.07, 6.45) is 11.5. The maximum Gasteiger partial charge on any atom is 0.407 e. The Balaban J connectivity index is 1.34. The fourth-order valence-corrected chi connectivity index (χ4v) is 3.76. The molecule has 2 rings (SSSR count). The molecule has 0 aromatic heterocycles. The van der Waals surface area contributed by atoms with Crippen molar-refractivity contribution in [2.45, 2.75) is 64.2 Å². The van der Waals surface area contributed by atoms with E-state index in [4.69, 9.17) is 14.2 Å². The molecule has 2 aromatic rings. The molecule has 0 aliphatic heterocycles. The fourth-order valence-electron chi connectivity index (χ4n) is 3.76. The third-order valence-electron chi connectivity index (χ3n) is 5.77. The first kappa shape index (κ1) is 28.9. The van der Waals surface area contributed by atoms with Crippen molar-refractivity contribution in [3.05, 3.63) is 60.7 Å². The van der Waals surface area contributed by atoms with Gasteiger partial charge in [0.2, 0.25) is 0 Å². The maximum absolute atomic E-state index is 12.2. The summed E-state index contributed by atoms with van der Waals surface area (Å²) >= 11 is 0. The van der Waals surface area contributed by atoms with E-state index in [1.165, 1.54) is 25.7 Å². The number of rotatable bonds is 18. The van der Waals surface area contributed by atoms with Gasteiger partial charge in [0, 0.05) is 6.08 Å². The SMILES string of the molecule is C=CC(=O)OCCNC(=O)OCCCCCCCCCCCCOC(=O)c1ccc2ccccc2c1. The van der Waals surface area contributed by atoms with Crippen LogP contribution in [0.2, 0.25) is 0 Å². The lowest BCUT2D eigenvalue weighted by Crippen LogP contribution is -2.28. The molecule has 7 nitrogen and oxygen atoms in total. The zero-order valence-corrected chi connectivity index (χ0v) is 21.2. The monoisotopic (exact) mass is 497 g/mol. The average Bonchev–Trinajstić information content (AvgIpc) is 2.90. The van der Waals surface area contributed by atoms with E-state index in [1.807, 2.05) is 42.5 Å². The zero-order chi connectivity index (χ0) is 25.8. The number of alkyl carbamates (subject to hydrolysis) is 1. The molecule has 0 heterocycles. The number of amides is 1. The van der Waals surface area contributed by atoms with Gasteiger partial charge in [-0.05, 0) is 35.7 Å². The summed E-state index contributed by atoms with van der Waals surface area (Å²) in [5, 5.41) is 4.69. The van der Waals surface area contributed by atoms with Gasteiger partial charge in [0.05, 0.1) is 25.3 Å². The van der Waals surface area contributed by atoms with Crippen molar-refractivity contribution < 1.29 is 28.6 Å². The van der Waals surface area contributed by atoms with Crippen LogP contribution in [0.5, 0.6) is 0 Å². The quantitative estimate of drug-likeness (QED) is 0.112. The lowest BCUT2D eigenvalue weighted by Gasteiger charge is -2.07. The molecule has 0 radical (unpaired) electrons. The number of hydrogen-bond acceptors (Lipinski definition) is 6. The molecule has 0 unspecified atom stereocenters. The normalized spacial score (nSPS) is 10.6. The zero-order valence-electron chi connectivity index (χ0n) is 21.2. The largest absolute Gasteiger partial charge is 0.462 e. The number of carbonyl (C=O) groups excluding carboxylic acids is 3. The Hall–Kier alpha value is -3.35. The molecule has 0 saturated carbocycles. The molecule has 1 N–H and O–H groups in total. The number of unbranched alkanes of at least 4 members (excludes halogenated alkanes) is 9. The van der Waals surface area contributed by atoms with Crippen LogP contribution in [0.1, 0.15) is 74.6 Å². The molecule has 0 saturated heterocycles. The van der Waals surface area contributed by atoms with E-state index in [-0.39, 0.29) is 19.1 Å². The standard InChI is InChI=1S/C29H39NO6/c1-2-27(31)34-22-19-30-29(33)36-21-14-10-8-6-4-3-5-7-9-13-20-35-28(32)26-18-17-24-15-11-12-16-25(24)23-26/h2,11-12,15-18,23H,1,3-10,13-14,19-22H2,(H,30,33). The number of esters is 2. The Morgan fingerprint density at radius 3 is 1.92 bits per heavy atom. The highest BCUT2D eigenvalue weighted by Gasteiger charge is 2.07. The van der Waals surface area contributed by atoms with E-state index < -0.39 is 12.1 Å². The molecule has 36 heavy (non-hydrogen) atoms. The summed E-state index contributed by atoms with van der Waals surface area (Å²) < 4.78 is 15.3. The van der Waals surface area contributed by atoms with E-state index in [0.717, 1.165) is 55.4 Å². The van der Waals surface area contributed by atoms with Crippen molar-refractivity contribution in [2.75, 3.05) is 26.4 Å². The molecule has 7 heteroatoms. The van der Waals surface area contributed by atoms with Crippen LogP contribution >= 0.6 is 0 Å². The van der Waals surface area contributed by atoms with Crippen molar-refractivity contribution in [3.63, 3.8) is 0 Å². The smallest absolute Gasteiger partial charge is 0.407 e. The second kappa shape index (κ2) is 18.0. The van der Waals surface area contributed by atoms with Crippen LogP contribution < -0.4 is 5.32 Å². The molecular formula is C29H39NO6. The Morgan fingerprint density at radius 1 is 0.694 bits per heavy atom. The summed E-state index contributed by atoms with van der Waals surface area (Å²) in [6, 6.07) is 13.6. The number of fused-ring (bicyclic) bond motifs is 1. The third kappa shape index (κ3) is 12.4. The first-order chi connectivity index (χ1) is 17.6. The fraction of sp³-hybridized carbons (Fsp3) is 0.483. The molecule has 1 amide bonds. The number of hydrogen-bond donors (Lipinski definition) is 1. The van der Waals surface area contributed by atoms with Crippen LogP contribution in [-0.2, 0) is 19.0 Å². The predicted molar refractivity (Wildman–Crippen MR) is 141 cm³/mol. The highest BCUT2D eigenvalue weighted by Crippen LogP contribution is 2.16. The highest BCUT2D eigenvalue weighted by molar-refractivity contribution is 5.95. The first-order valence-electron chi connectivity index (χ1n) is 13.0. The molecule has 0 spiro atoms. The summed E-state index contributed by atoms with van der Waals surface area (Å²) in [5.41, 5.74) is 0.604. The van der Waals surface area contributed by atoms with Gasteiger partial charge in [-0.25, -0.2) is 14.4 Å². The molecule has 2 aromatic carbocycles. The molecule has 0 atom stereocenters. The van der Waals surface area contributed by atoms with E-state index in [9.17, 15) is 14.4 Å². The second-order valence-corrected chi connectivity index (χ2v) is 8.67. The minimum absolute atomic E-state index is 0.0967. The van der Waals surface area contributed by atoms with Gasteiger partial charge in [0.1, 0.15) is 6.61 Å². The Labute approximate surface area is 214 Å². The minimum Gasteiger partial charge on any atom is -0.462 e. The van der Waals surface area contributed by atoms with Gasteiger partial charge in [0.25, 0.3) is 0 Å². The van der Waals surface area contributed by atoms with Gasteiger partial charge in [-0.1, -0.05) is 88.3 Å². The Bertz CT molecular complexity index is 958. The molecule has 196 valence electrons. The van der Waals surface area contributed by atoms with Crippen LogP contribution in [0, 0.1) is 0 Å². The number of ether oxygens (including phenoxy) is 3. The number of carbonyl (C=O) groups is 3. The van der Waals surface area contributed by atoms with Crippen molar-refractivity contribution in [2.24, 2.45) is 0 Å². The minimum atomic E-state index is -0.513. The maximum atomic E-state index is 12.2. The van der Waals surface area contributed by atoms with E-state index in [0.29, 0.717) is 18.8 Å². The van der Waals surface area contributed by atoms with Crippen LogP contribution in [0.3, 0.4) is 0 Å². The number of benzene rings is 2. The van der Waals surface area contributed by atoms with Crippen LogP contribution in [0.25, 0.3) is 10.8 Å². The molecule has 0 bridgehead atoms. The van der Waals surface area contributed by atoms with Crippen LogP contribution in [0.15, 0.2) is 55.1 Å². The van der Waals surface area contributed by atoms with Gasteiger partial charge < -0.3 is 19.5 Å². The summed E-state index contributed by atoms with van der Waals surface area (Å²) in [5.74, 6) is -0.764. The number of nitrogens with one attached hydrogen (secondary N) is 1. The first-order valence-corrected chi connectivity index (χ1v) is 13.0. The van der Waals surface area contributed by atoms with Crippen molar-refractivity contribution in [3.8, 4) is 0 Å². The van der Waals surface area contributed by atoms with Crippen molar-refractivity contribution in [1.29, 1.82) is 0 Å². The summed E-state index contributed by atoms with van der Waals surface area (Å²) in [7, 11) is 0. The predicted octanol–water partition coefficient (Wildman–Crippen LogP) is 6.35. The highest BCUT2D eigenvalue weighted by atomic mass is 16.6. The average molecular weight is 498 g/mol. The third-order valence-corrected chi connectivity index (χ3v) is 5.77. The molecule has 0 aliphatic rings. The Morgan fingerprint density at radius 2 is 1.28 bits per heavy atom. The Kier molecular flexibility index (Phi) is 14.4. The lowest BCUT2D eigenvalue weighted by atomic mass is 10.1. The molecule has 0 aliphatic carbocycles. The van der Waals surface area contributed by atoms with Crippen molar-refractivity contribution in [1.82, 2.24) is 5.32 Å². The molecular weight excluding hydrogens is 458 g/mol. The van der Waals surface area contributed by atoms with Gasteiger partial charge >= 0.3 is 18.0 Å². The van der Waals surface area contributed by atoms with E-state index >= 15 is 0 Å². The van der Waals surface area contributed by atoms with Crippen LogP contribution in [0.4, 0.5) is 4.79 Å². The van der Waals surface area contributed by atoms with Crippen LogP contribution in [-0.4, -0.2) is 44.4 Å². The molecule has 0 fully saturated rings. The van der Waals surface area contributed by atoms with Gasteiger partial charge in [0.15, 0.2) is 0 Å². The van der Waals surface area contributed by atoms with Crippen molar-refractivity contribution >= 4 is 28.8 Å². The van der Waals surface area contributed by atoms with E-state index in [1.54, 1.807) is 0 Å². The van der Waals surface area contributed by atoms with Gasteiger partial charge in [-0.15, -0.1) is 0 Å².